The number of ether oxygens (including phenoxy) is 1. The van der Waals surface area contributed by atoms with Gasteiger partial charge in [-0.05, 0) is 95.5 Å². The van der Waals surface area contributed by atoms with Crippen molar-refractivity contribution in [2.75, 3.05) is 0 Å². The molecule has 0 spiro atoms. The van der Waals surface area contributed by atoms with E-state index in [-0.39, 0.29) is 0 Å². The predicted octanol–water partition coefficient (Wildman–Crippen LogP) is 13.1. The molecule has 0 aliphatic heterocycles. The highest BCUT2D eigenvalue weighted by Gasteiger charge is 2.35. The van der Waals surface area contributed by atoms with E-state index in [0.717, 1.165) is 75.6 Å². The number of fused-ring (bicyclic) bond motifs is 7. The Balaban J connectivity index is 0.936. The van der Waals surface area contributed by atoms with Crippen molar-refractivity contribution >= 4 is 27.5 Å². The molecule has 2 heterocycles. The first-order valence-corrected chi connectivity index (χ1v) is 19.5. The molecule has 11 rings (SSSR count). The van der Waals surface area contributed by atoms with Gasteiger partial charge in [-0.3, -0.25) is 0 Å². The highest BCUT2D eigenvalue weighted by molar-refractivity contribution is 6.11. The Morgan fingerprint density at radius 2 is 1.16 bits per heavy atom. The Labute approximate surface area is 325 Å². The Kier molecular flexibility index (Phi) is 7.83. The number of hydrogen-bond donors (Lipinski definition) is 0. The van der Waals surface area contributed by atoms with Crippen molar-refractivity contribution in [3.63, 3.8) is 0 Å². The van der Waals surface area contributed by atoms with Gasteiger partial charge in [0.25, 0.3) is 0 Å². The SMILES string of the molecule is C1=CC2=C(CC1)C1=C(C=CCC1)C1C=C(c3cccc(Oc4cccc(-c5nc(-c6ccccc6)nc(-c6cccc7oc8ccccc8c67)n5)c4)c3)C=CC21. The van der Waals surface area contributed by atoms with Crippen molar-refractivity contribution in [3.05, 3.63) is 192 Å². The van der Waals surface area contributed by atoms with Crippen LogP contribution in [0.1, 0.15) is 31.2 Å². The van der Waals surface area contributed by atoms with Crippen molar-refractivity contribution in [2.45, 2.75) is 25.7 Å². The average molecular weight is 724 g/mol. The van der Waals surface area contributed by atoms with E-state index in [1.54, 1.807) is 11.1 Å². The molecular formula is C51H37N3O2. The third-order valence-electron chi connectivity index (χ3n) is 11.5. The minimum atomic E-state index is 0.342. The topological polar surface area (TPSA) is 61.0 Å². The van der Waals surface area contributed by atoms with Crippen LogP contribution < -0.4 is 4.74 Å². The fraction of sp³-hybridized carbons (Fsp3) is 0.118. The predicted molar refractivity (Wildman–Crippen MR) is 225 cm³/mol. The number of aromatic nitrogens is 3. The fourth-order valence-electron chi connectivity index (χ4n) is 8.97. The smallest absolute Gasteiger partial charge is 0.164 e. The summed E-state index contributed by atoms with van der Waals surface area (Å²) in [5.41, 5.74) is 12.8. The summed E-state index contributed by atoms with van der Waals surface area (Å²) in [6.45, 7) is 0. The number of furan rings is 1. The first kappa shape index (κ1) is 32.6. The quantitative estimate of drug-likeness (QED) is 0.171. The minimum Gasteiger partial charge on any atom is -0.457 e. The lowest BCUT2D eigenvalue weighted by atomic mass is 9.65. The summed E-state index contributed by atoms with van der Waals surface area (Å²) in [7, 11) is 0. The maximum atomic E-state index is 6.59. The van der Waals surface area contributed by atoms with Gasteiger partial charge < -0.3 is 9.15 Å². The summed E-state index contributed by atoms with van der Waals surface area (Å²) in [6.07, 6.45) is 21.3. The number of para-hydroxylation sites is 1. The van der Waals surface area contributed by atoms with Crippen LogP contribution in [0.2, 0.25) is 0 Å². The largest absolute Gasteiger partial charge is 0.457 e. The van der Waals surface area contributed by atoms with Crippen LogP contribution in [0.15, 0.2) is 191 Å². The highest BCUT2D eigenvalue weighted by Crippen LogP contribution is 2.50. The van der Waals surface area contributed by atoms with Crippen LogP contribution in [0, 0.1) is 11.8 Å². The van der Waals surface area contributed by atoms with Crippen molar-refractivity contribution in [1.29, 1.82) is 0 Å². The average Bonchev–Trinajstić information content (AvgIpc) is 3.66. The number of rotatable bonds is 6. The lowest BCUT2D eigenvalue weighted by Crippen LogP contribution is -2.26. The molecule has 0 saturated carbocycles. The van der Waals surface area contributed by atoms with Gasteiger partial charge in [-0.2, -0.15) is 0 Å². The molecule has 5 nitrogen and oxygen atoms in total. The summed E-state index contributed by atoms with van der Waals surface area (Å²) in [6, 6.07) is 40.6. The standard InChI is InChI=1S/C51H37N3O2/c1-2-13-32(14-3-1)49-52-50(54-51(53-49)44-24-12-26-47-48(44)43-23-8-9-25-46(43)56-47)35-16-11-18-37(30-35)55-36-17-10-15-33(29-36)34-27-28-42-40-21-5-4-19-38(40)39-20-6-7-22-41(39)45(42)31-34/h1-3,5,7-18,21-31,42,45H,4,6,19-20H2. The van der Waals surface area contributed by atoms with Gasteiger partial charge in [0.1, 0.15) is 22.7 Å². The Bertz CT molecular complexity index is 2900. The lowest BCUT2D eigenvalue weighted by molar-refractivity contribution is 0.482. The van der Waals surface area contributed by atoms with Gasteiger partial charge in [0.2, 0.25) is 0 Å². The molecule has 0 bridgehead atoms. The van der Waals surface area contributed by atoms with Gasteiger partial charge in [-0.15, -0.1) is 0 Å². The Morgan fingerprint density at radius 3 is 1.96 bits per heavy atom. The molecule has 2 atom stereocenters. The van der Waals surface area contributed by atoms with E-state index in [1.165, 1.54) is 16.7 Å². The number of benzene rings is 5. The van der Waals surface area contributed by atoms with Crippen LogP contribution in [0.4, 0.5) is 0 Å². The zero-order valence-corrected chi connectivity index (χ0v) is 30.7. The van der Waals surface area contributed by atoms with Gasteiger partial charge in [-0.1, -0.05) is 127 Å². The first-order valence-electron chi connectivity index (χ1n) is 19.5. The van der Waals surface area contributed by atoms with Crippen molar-refractivity contribution in [3.8, 4) is 45.7 Å². The molecule has 0 amide bonds. The van der Waals surface area contributed by atoms with Crippen LogP contribution in [0.5, 0.6) is 11.5 Å². The maximum Gasteiger partial charge on any atom is 0.164 e. The third kappa shape index (κ3) is 5.66. The van der Waals surface area contributed by atoms with Crippen LogP contribution in [0.25, 0.3) is 61.7 Å². The zero-order chi connectivity index (χ0) is 37.0. The number of hydrogen-bond acceptors (Lipinski definition) is 5. The van der Waals surface area contributed by atoms with E-state index in [0.29, 0.717) is 35.1 Å². The molecule has 0 saturated heterocycles. The molecule has 7 aromatic rings. The van der Waals surface area contributed by atoms with Gasteiger partial charge in [0.05, 0.1) is 0 Å². The second kappa shape index (κ2) is 13.5. The molecule has 268 valence electrons. The molecule has 2 unspecified atom stereocenters. The maximum absolute atomic E-state index is 6.59. The molecule has 0 radical (unpaired) electrons. The van der Waals surface area contributed by atoms with Crippen molar-refractivity contribution in [1.82, 2.24) is 15.0 Å². The van der Waals surface area contributed by atoms with Crippen molar-refractivity contribution < 1.29 is 9.15 Å². The molecule has 0 N–H and O–H groups in total. The summed E-state index contributed by atoms with van der Waals surface area (Å²) in [5, 5.41) is 2.01. The molecule has 4 aliphatic carbocycles. The second-order valence-electron chi connectivity index (χ2n) is 14.9. The van der Waals surface area contributed by atoms with Gasteiger partial charge in [0, 0.05) is 39.3 Å². The van der Waals surface area contributed by atoms with Crippen LogP contribution in [-0.2, 0) is 0 Å². The van der Waals surface area contributed by atoms with E-state index < -0.39 is 0 Å². The third-order valence-corrected chi connectivity index (χ3v) is 11.5. The summed E-state index contributed by atoms with van der Waals surface area (Å²) < 4.78 is 12.8. The summed E-state index contributed by atoms with van der Waals surface area (Å²) in [4.78, 5) is 15.1. The molecule has 2 aromatic heterocycles. The minimum absolute atomic E-state index is 0.342. The first-order chi connectivity index (χ1) is 27.7. The summed E-state index contributed by atoms with van der Waals surface area (Å²) >= 11 is 0. The number of nitrogens with zero attached hydrogens (tertiary/aromatic N) is 3. The Morgan fingerprint density at radius 1 is 0.536 bits per heavy atom. The van der Waals surface area contributed by atoms with Crippen LogP contribution in [0.3, 0.4) is 0 Å². The van der Waals surface area contributed by atoms with E-state index >= 15 is 0 Å². The van der Waals surface area contributed by atoms with E-state index in [9.17, 15) is 0 Å². The molecule has 5 heteroatoms. The summed E-state index contributed by atoms with van der Waals surface area (Å²) in [5.74, 6) is 3.96. The molecule has 0 fully saturated rings. The molecule has 4 aliphatic rings. The van der Waals surface area contributed by atoms with E-state index in [2.05, 4.69) is 72.9 Å². The van der Waals surface area contributed by atoms with Crippen molar-refractivity contribution in [2.24, 2.45) is 11.8 Å². The lowest BCUT2D eigenvalue weighted by Gasteiger charge is -2.39. The van der Waals surface area contributed by atoms with Crippen LogP contribution in [-0.4, -0.2) is 15.0 Å². The second-order valence-corrected chi connectivity index (χ2v) is 14.9. The Hall–Kier alpha value is -6.85. The zero-order valence-electron chi connectivity index (χ0n) is 30.7. The van der Waals surface area contributed by atoms with Gasteiger partial charge in [-0.25, -0.2) is 15.0 Å². The molecule has 5 aromatic carbocycles. The van der Waals surface area contributed by atoms with E-state index in [4.69, 9.17) is 24.1 Å². The molecular weight excluding hydrogens is 687 g/mol. The monoisotopic (exact) mass is 723 g/mol. The van der Waals surface area contributed by atoms with Gasteiger partial charge in [0.15, 0.2) is 17.5 Å². The van der Waals surface area contributed by atoms with Crippen LogP contribution >= 0.6 is 0 Å². The normalized spacial score (nSPS) is 18.5. The fourth-order valence-corrected chi connectivity index (χ4v) is 8.97. The van der Waals surface area contributed by atoms with Gasteiger partial charge >= 0.3 is 0 Å². The van der Waals surface area contributed by atoms with E-state index in [1.807, 2.05) is 91.0 Å². The molecule has 56 heavy (non-hydrogen) atoms. The highest BCUT2D eigenvalue weighted by atomic mass is 16.5. The number of allylic oxidation sites excluding steroid dienone is 12.